The fourth-order valence-electron chi connectivity index (χ4n) is 0.921. The third-order valence-corrected chi connectivity index (χ3v) is 2.45. The van der Waals surface area contributed by atoms with Crippen LogP contribution in [0.25, 0.3) is 0 Å². The Kier molecular flexibility index (Phi) is 4.32. The van der Waals surface area contributed by atoms with Crippen molar-refractivity contribution in [1.82, 2.24) is 9.36 Å². The van der Waals surface area contributed by atoms with Gasteiger partial charge in [0, 0.05) is 23.5 Å². The molecule has 0 saturated heterocycles. The Labute approximate surface area is 81.3 Å². The molecule has 0 amide bonds. The fourth-order valence-corrected chi connectivity index (χ4v) is 1.69. The SMILES string of the molecule is CCC(CCCl)Nc1ncns1. The van der Waals surface area contributed by atoms with Gasteiger partial charge in [0.15, 0.2) is 0 Å². The van der Waals surface area contributed by atoms with Gasteiger partial charge in [-0.25, -0.2) is 4.98 Å². The van der Waals surface area contributed by atoms with Gasteiger partial charge < -0.3 is 5.32 Å². The van der Waals surface area contributed by atoms with Gasteiger partial charge in [-0.1, -0.05) is 6.92 Å². The van der Waals surface area contributed by atoms with E-state index in [4.69, 9.17) is 11.6 Å². The first-order chi connectivity index (χ1) is 5.86. The van der Waals surface area contributed by atoms with Crippen LogP contribution in [-0.2, 0) is 0 Å². The Morgan fingerprint density at radius 3 is 3.08 bits per heavy atom. The molecule has 0 radical (unpaired) electrons. The molecule has 1 rings (SSSR count). The molecule has 0 bridgehead atoms. The normalized spacial score (nSPS) is 12.8. The van der Waals surface area contributed by atoms with E-state index < -0.39 is 0 Å². The van der Waals surface area contributed by atoms with Crippen LogP contribution in [0.5, 0.6) is 0 Å². The van der Waals surface area contributed by atoms with Gasteiger partial charge in [0.2, 0.25) is 5.13 Å². The molecular formula is C7H12ClN3S. The number of nitrogens with one attached hydrogen (secondary N) is 1. The zero-order chi connectivity index (χ0) is 8.81. The summed E-state index contributed by atoms with van der Waals surface area (Å²) in [5.74, 6) is 0.685. The molecule has 0 aromatic carbocycles. The molecule has 5 heteroatoms. The second kappa shape index (κ2) is 5.32. The third-order valence-electron chi connectivity index (χ3n) is 1.64. The predicted molar refractivity (Wildman–Crippen MR) is 52.9 cm³/mol. The first-order valence-corrected chi connectivity index (χ1v) is 5.26. The van der Waals surface area contributed by atoms with Crippen molar-refractivity contribution in [2.24, 2.45) is 0 Å². The molecule has 1 heterocycles. The zero-order valence-corrected chi connectivity index (χ0v) is 8.53. The number of hydrogen-bond donors (Lipinski definition) is 1. The fraction of sp³-hybridized carbons (Fsp3) is 0.714. The Morgan fingerprint density at radius 2 is 2.58 bits per heavy atom. The average molecular weight is 206 g/mol. The van der Waals surface area contributed by atoms with Crippen molar-refractivity contribution in [1.29, 1.82) is 0 Å². The van der Waals surface area contributed by atoms with Crippen LogP contribution in [0.4, 0.5) is 5.13 Å². The highest BCUT2D eigenvalue weighted by molar-refractivity contribution is 7.09. The topological polar surface area (TPSA) is 37.8 Å². The Hall–Kier alpha value is -0.350. The lowest BCUT2D eigenvalue weighted by molar-refractivity contribution is 0.674. The van der Waals surface area contributed by atoms with E-state index in [9.17, 15) is 0 Å². The van der Waals surface area contributed by atoms with Gasteiger partial charge in [-0.3, -0.25) is 0 Å². The number of nitrogens with zero attached hydrogens (tertiary/aromatic N) is 2. The number of aromatic nitrogens is 2. The van der Waals surface area contributed by atoms with Crippen LogP contribution in [0.1, 0.15) is 19.8 Å². The van der Waals surface area contributed by atoms with Crippen LogP contribution in [0.15, 0.2) is 6.33 Å². The molecule has 3 nitrogen and oxygen atoms in total. The van der Waals surface area contributed by atoms with Crippen molar-refractivity contribution in [2.75, 3.05) is 11.2 Å². The Balaban J connectivity index is 2.37. The highest BCUT2D eigenvalue weighted by Crippen LogP contribution is 2.12. The van der Waals surface area contributed by atoms with E-state index in [0.717, 1.165) is 18.0 Å². The summed E-state index contributed by atoms with van der Waals surface area (Å²) in [7, 11) is 0. The maximum absolute atomic E-state index is 5.64. The van der Waals surface area contributed by atoms with Crippen molar-refractivity contribution >= 4 is 28.3 Å². The van der Waals surface area contributed by atoms with E-state index in [0.29, 0.717) is 11.9 Å². The average Bonchev–Trinajstić information content (AvgIpc) is 2.56. The summed E-state index contributed by atoms with van der Waals surface area (Å²) < 4.78 is 3.90. The summed E-state index contributed by atoms with van der Waals surface area (Å²) in [5, 5.41) is 4.15. The molecule has 1 unspecified atom stereocenters. The largest absolute Gasteiger partial charge is 0.358 e. The minimum Gasteiger partial charge on any atom is -0.358 e. The second-order valence-corrected chi connectivity index (χ2v) is 3.63. The van der Waals surface area contributed by atoms with Crippen LogP contribution >= 0.6 is 23.1 Å². The van der Waals surface area contributed by atoms with Gasteiger partial charge >= 0.3 is 0 Å². The van der Waals surface area contributed by atoms with Crippen molar-refractivity contribution < 1.29 is 0 Å². The molecule has 0 fully saturated rings. The summed E-state index contributed by atoms with van der Waals surface area (Å²) in [5.41, 5.74) is 0. The van der Waals surface area contributed by atoms with E-state index in [-0.39, 0.29) is 0 Å². The summed E-state index contributed by atoms with van der Waals surface area (Å²) >= 11 is 7.02. The van der Waals surface area contributed by atoms with E-state index in [1.165, 1.54) is 11.5 Å². The lowest BCUT2D eigenvalue weighted by Gasteiger charge is -2.13. The number of rotatable bonds is 5. The molecule has 1 aromatic rings. The molecule has 0 aliphatic carbocycles. The molecule has 68 valence electrons. The number of halogens is 1. The molecular weight excluding hydrogens is 194 g/mol. The Morgan fingerprint density at radius 1 is 1.75 bits per heavy atom. The molecule has 1 atom stereocenters. The first kappa shape index (κ1) is 9.74. The molecule has 0 aliphatic heterocycles. The van der Waals surface area contributed by atoms with Gasteiger partial charge in [-0.05, 0) is 12.8 Å². The quantitative estimate of drug-likeness (QED) is 0.750. The summed E-state index contributed by atoms with van der Waals surface area (Å²) in [6.07, 6.45) is 3.59. The number of alkyl halides is 1. The van der Waals surface area contributed by atoms with Crippen LogP contribution in [0, 0.1) is 0 Å². The van der Waals surface area contributed by atoms with Crippen molar-refractivity contribution in [2.45, 2.75) is 25.8 Å². The predicted octanol–water partition coefficient (Wildman–Crippen LogP) is 2.36. The van der Waals surface area contributed by atoms with Gasteiger partial charge in [0.1, 0.15) is 6.33 Å². The number of hydrogen-bond acceptors (Lipinski definition) is 4. The molecule has 1 aromatic heterocycles. The minimum absolute atomic E-state index is 0.426. The maximum atomic E-state index is 5.64. The van der Waals surface area contributed by atoms with Crippen molar-refractivity contribution in [3.05, 3.63) is 6.33 Å². The molecule has 1 N–H and O–H groups in total. The van der Waals surface area contributed by atoms with Crippen LogP contribution in [0.2, 0.25) is 0 Å². The highest BCUT2D eigenvalue weighted by atomic mass is 35.5. The lowest BCUT2D eigenvalue weighted by Crippen LogP contribution is -2.18. The molecule has 0 saturated carbocycles. The molecule has 0 spiro atoms. The lowest BCUT2D eigenvalue weighted by atomic mass is 10.2. The molecule has 0 aliphatic rings. The standard InChI is InChI=1S/C7H12ClN3S/c1-2-6(3-4-8)11-7-9-5-10-12-7/h5-6H,2-4H2,1H3,(H,9,10,11). The van der Waals surface area contributed by atoms with Crippen LogP contribution in [0.3, 0.4) is 0 Å². The van der Waals surface area contributed by atoms with E-state index >= 15 is 0 Å². The maximum Gasteiger partial charge on any atom is 0.202 e. The van der Waals surface area contributed by atoms with Crippen LogP contribution < -0.4 is 5.32 Å². The van der Waals surface area contributed by atoms with E-state index in [2.05, 4.69) is 21.6 Å². The van der Waals surface area contributed by atoms with Gasteiger partial charge in [0.05, 0.1) is 0 Å². The summed E-state index contributed by atoms with van der Waals surface area (Å²) in [6.45, 7) is 2.13. The Bertz CT molecular complexity index is 202. The van der Waals surface area contributed by atoms with Gasteiger partial charge in [-0.2, -0.15) is 4.37 Å². The smallest absolute Gasteiger partial charge is 0.202 e. The van der Waals surface area contributed by atoms with Crippen molar-refractivity contribution in [3.8, 4) is 0 Å². The van der Waals surface area contributed by atoms with Crippen LogP contribution in [-0.4, -0.2) is 21.3 Å². The monoisotopic (exact) mass is 205 g/mol. The highest BCUT2D eigenvalue weighted by Gasteiger charge is 2.06. The minimum atomic E-state index is 0.426. The third kappa shape index (κ3) is 2.95. The van der Waals surface area contributed by atoms with Crippen molar-refractivity contribution in [3.63, 3.8) is 0 Å². The first-order valence-electron chi connectivity index (χ1n) is 3.96. The second-order valence-electron chi connectivity index (χ2n) is 2.47. The molecule has 12 heavy (non-hydrogen) atoms. The number of anilines is 1. The summed E-state index contributed by atoms with van der Waals surface area (Å²) in [6, 6.07) is 0.426. The summed E-state index contributed by atoms with van der Waals surface area (Å²) in [4.78, 5) is 4.04. The zero-order valence-electron chi connectivity index (χ0n) is 6.96. The van der Waals surface area contributed by atoms with E-state index in [1.54, 1.807) is 6.33 Å². The van der Waals surface area contributed by atoms with Gasteiger partial charge in [-0.15, -0.1) is 11.6 Å². The van der Waals surface area contributed by atoms with Gasteiger partial charge in [0.25, 0.3) is 0 Å². The van der Waals surface area contributed by atoms with E-state index in [1.807, 2.05) is 0 Å².